The standard InChI is InChI=1S/C21H28N2O6S/c1-5-28-18-10-12-19(13-11-18)29-15-21(2,23-30(4,25)26)20(24)22-14-16-6-8-17(27-3)9-7-16/h6-13,23H,5,14-15H2,1-4H3,(H,22,24). The van der Waals surface area contributed by atoms with Gasteiger partial charge in [-0.2, -0.15) is 4.72 Å². The van der Waals surface area contributed by atoms with E-state index in [4.69, 9.17) is 14.2 Å². The molecule has 0 spiro atoms. The highest BCUT2D eigenvalue weighted by molar-refractivity contribution is 7.88. The minimum atomic E-state index is -3.66. The SMILES string of the molecule is CCOc1ccc(OCC(C)(NS(C)(=O)=O)C(=O)NCc2ccc(OC)cc2)cc1. The van der Waals surface area contributed by atoms with Crippen LogP contribution in [0.3, 0.4) is 0 Å². The molecule has 1 amide bonds. The van der Waals surface area contributed by atoms with Crippen molar-refractivity contribution in [1.29, 1.82) is 0 Å². The molecule has 0 saturated carbocycles. The molecule has 1 unspecified atom stereocenters. The molecule has 164 valence electrons. The van der Waals surface area contributed by atoms with Gasteiger partial charge < -0.3 is 19.5 Å². The maximum atomic E-state index is 12.8. The zero-order chi connectivity index (χ0) is 22.2. The van der Waals surface area contributed by atoms with E-state index in [9.17, 15) is 13.2 Å². The van der Waals surface area contributed by atoms with Crippen LogP contribution in [0.4, 0.5) is 0 Å². The molecule has 2 rings (SSSR count). The topological polar surface area (TPSA) is 103 Å². The molecule has 2 aromatic carbocycles. The number of methoxy groups -OCH3 is 1. The molecule has 0 aliphatic carbocycles. The Kier molecular flexibility index (Phi) is 8.08. The van der Waals surface area contributed by atoms with Crippen LogP contribution in [-0.2, 0) is 21.4 Å². The molecule has 0 radical (unpaired) electrons. The average Bonchev–Trinajstić information content (AvgIpc) is 2.71. The van der Waals surface area contributed by atoms with Gasteiger partial charge in [0.1, 0.15) is 29.4 Å². The number of carbonyl (C=O) groups is 1. The van der Waals surface area contributed by atoms with Crippen molar-refractivity contribution in [1.82, 2.24) is 10.0 Å². The van der Waals surface area contributed by atoms with Crippen molar-refractivity contribution in [3.63, 3.8) is 0 Å². The summed E-state index contributed by atoms with van der Waals surface area (Å²) >= 11 is 0. The second-order valence-corrected chi connectivity index (χ2v) is 8.68. The third-order valence-corrected chi connectivity index (χ3v) is 5.01. The van der Waals surface area contributed by atoms with Gasteiger partial charge in [-0.3, -0.25) is 4.79 Å². The minimum Gasteiger partial charge on any atom is -0.497 e. The number of benzene rings is 2. The minimum absolute atomic E-state index is 0.192. The normalized spacial score (nSPS) is 13.2. The molecule has 0 aromatic heterocycles. The number of amides is 1. The summed E-state index contributed by atoms with van der Waals surface area (Å²) < 4.78 is 42.3. The van der Waals surface area contributed by atoms with Gasteiger partial charge in [0.2, 0.25) is 15.9 Å². The van der Waals surface area contributed by atoms with Gasteiger partial charge in [-0.25, -0.2) is 8.42 Å². The van der Waals surface area contributed by atoms with Gasteiger partial charge >= 0.3 is 0 Å². The van der Waals surface area contributed by atoms with E-state index >= 15 is 0 Å². The lowest BCUT2D eigenvalue weighted by Gasteiger charge is -2.28. The number of hydrogen-bond acceptors (Lipinski definition) is 6. The van der Waals surface area contributed by atoms with Gasteiger partial charge in [0.15, 0.2) is 0 Å². The Hall–Kier alpha value is -2.78. The van der Waals surface area contributed by atoms with Gasteiger partial charge in [0.25, 0.3) is 0 Å². The third-order valence-electron chi connectivity index (χ3n) is 4.19. The Morgan fingerprint density at radius 1 is 0.967 bits per heavy atom. The maximum Gasteiger partial charge on any atom is 0.244 e. The van der Waals surface area contributed by atoms with Gasteiger partial charge in [-0.1, -0.05) is 12.1 Å². The Morgan fingerprint density at radius 2 is 1.50 bits per heavy atom. The van der Waals surface area contributed by atoms with Crippen LogP contribution in [-0.4, -0.2) is 46.4 Å². The van der Waals surface area contributed by atoms with Crippen LogP contribution in [0.15, 0.2) is 48.5 Å². The van der Waals surface area contributed by atoms with Crippen LogP contribution in [0.1, 0.15) is 19.4 Å². The van der Waals surface area contributed by atoms with Crippen molar-refractivity contribution >= 4 is 15.9 Å². The summed E-state index contributed by atoms with van der Waals surface area (Å²) in [6.45, 7) is 3.95. The van der Waals surface area contributed by atoms with Crippen LogP contribution in [0.5, 0.6) is 17.2 Å². The van der Waals surface area contributed by atoms with E-state index in [0.29, 0.717) is 23.9 Å². The van der Waals surface area contributed by atoms with Crippen molar-refractivity contribution in [3.05, 3.63) is 54.1 Å². The van der Waals surface area contributed by atoms with Crippen molar-refractivity contribution in [2.45, 2.75) is 25.9 Å². The molecule has 8 nitrogen and oxygen atoms in total. The van der Waals surface area contributed by atoms with E-state index < -0.39 is 21.5 Å². The molecule has 9 heteroatoms. The first-order valence-electron chi connectivity index (χ1n) is 9.41. The van der Waals surface area contributed by atoms with Crippen LogP contribution in [0, 0.1) is 0 Å². The first-order valence-corrected chi connectivity index (χ1v) is 11.3. The maximum absolute atomic E-state index is 12.8. The monoisotopic (exact) mass is 436 g/mol. The van der Waals surface area contributed by atoms with Crippen molar-refractivity contribution in [3.8, 4) is 17.2 Å². The predicted octanol–water partition coefficient (Wildman–Crippen LogP) is 2.10. The molecule has 0 aliphatic rings. The number of sulfonamides is 1. The van der Waals surface area contributed by atoms with Gasteiger partial charge in [0.05, 0.1) is 20.0 Å². The Morgan fingerprint density at radius 3 is 2.00 bits per heavy atom. The predicted molar refractivity (Wildman–Crippen MR) is 114 cm³/mol. The molecule has 0 heterocycles. The number of ether oxygens (including phenoxy) is 3. The zero-order valence-electron chi connectivity index (χ0n) is 17.6. The highest BCUT2D eigenvalue weighted by Crippen LogP contribution is 2.19. The molecule has 30 heavy (non-hydrogen) atoms. The number of carbonyl (C=O) groups excluding carboxylic acids is 1. The molecule has 2 N–H and O–H groups in total. The van der Waals surface area contributed by atoms with E-state index in [1.54, 1.807) is 43.5 Å². The molecular formula is C21H28N2O6S. The Balaban J connectivity index is 2.06. The van der Waals surface area contributed by atoms with Crippen molar-refractivity contribution in [2.75, 3.05) is 26.6 Å². The van der Waals surface area contributed by atoms with Gasteiger partial charge in [-0.15, -0.1) is 0 Å². The van der Waals surface area contributed by atoms with Gasteiger partial charge in [-0.05, 0) is 55.8 Å². The van der Waals surface area contributed by atoms with E-state index in [0.717, 1.165) is 11.8 Å². The lowest BCUT2D eigenvalue weighted by Crippen LogP contribution is -2.59. The average molecular weight is 437 g/mol. The largest absolute Gasteiger partial charge is 0.497 e. The Bertz CT molecular complexity index is 929. The number of hydrogen-bond donors (Lipinski definition) is 2. The summed E-state index contributed by atoms with van der Waals surface area (Å²) in [5.74, 6) is 1.38. The van der Waals surface area contributed by atoms with Crippen molar-refractivity contribution in [2.24, 2.45) is 0 Å². The van der Waals surface area contributed by atoms with E-state index in [2.05, 4.69) is 10.0 Å². The van der Waals surface area contributed by atoms with E-state index in [1.165, 1.54) is 6.92 Å². The summed E-state index contributed by atoms with van der Waals surface area (Å²) in [7, 11) is -2.09. The molecule has 0 saturated heterocycles. The van der Waals surface area contributed by atoms with E-state index in [-0.39, 0.29) is 13.2 Å². The third kappa shape index (κ3) is 7.23. The Labute approximate surface area is 177 Å². The second kappa shape index (κ2) is 10.3. The van der Waals surface area contributed by atoms with Crippen LogP contribution in [0.2, 0.25) is 0 Å². The number of nitrogens with one attached hydrogen (secondary N) is 2. The molecule has 0 bridgehead atoms. The first-order chi connectivity index (χ1) is 14.1. The number of rotatable bonds is 11. The highest BCUT2D eigenvalue weighted by Gasteiger charge is 2.37. The fourth-order valence-corrected chi connectivity index (χ4v) is 3.67. The molecule has 2 aromatic rings. The quantitative estimate of drug-likeness (QED) is 0.559. The smallest absolute Gasteiger partial charge is 0.244 e. The molecule has 0 aliphatic heterocycles. The second-order valence-electron chi connectivity index (χ2n) is 6.93. The fourth-order valence-electron chi connectivity index (χ4n) is 2.70. The molecular weight excluding hydrogens is 408 g/mol. The fraction of sp³-hybridized carbons (Fsp3) is 0.381. The lowest BCUT2D eigenvalue weighted by atomic mass is 10.0. The summed E-state index contributed by atoms with van der Waals surface area (Å²) in [5, 5.41) is 2.76. The summed E-state index contributed by atoms with van der Waals surface area (Å²) in [6, 6.07) is 14.1. The van der Waals surface area contributed by atoms with Gasteiger partial charge in [0, 0.05) is 6.54 Å². The molecule has 0 fully saturated rings. The summed E-state index contributed by atoms with van der Waals surface area (Å²) in [4.78, 5) is 12.8. The molecule has 1 atom stereocenters. The zero-order valence-corrected chi connectivity index (χ0v) is 18.4. The highest BCUT2D eigenvalue weighted by atomic mass is 32.2. The van der Waals surface area contributed by atoms with Crippen LogP contribution >= 0.6 is 0 Å². The van der Waals surface area contributed by atoms with Crippen molar-refractivity contribution < 1.29 is 27.4 Å². The summed E-state index contributed by atoms with van der Waals surface area (Å²) in [5.41, 5.74) is -0.656. The first kappa shape index (κ1) is 23.5. The van der Waals surface area contributed by atoms with E-state index in [1.807, 2.05) is 19.1 Å². The summed E-state index contributed by atoms with van der Waals surface area (Å²) in [6.07, 6.45) is 0.999. The lowest BCUT2D eigenvalue weighted by molar-refractivity contribution is -0.127. The van der Waals surface area contributed by atoms with Crippen LogP contribution < -0.4 is 24.2 Å². The van der Waals surface area contributed by atoms with Crippen LogP contribution in [0.25, 0.3) is 0 Å².